The molecule has 7 aromatic rings. The van der Waals surface area contributed by atoms with Crippen LogP contribution in [0.1, 0.15) is 59.1 Å². The number of halogens is 6. The Kier molecular flexibility index (Phi) is 11.7. The van der Waals surface area contributed by atoms with Gasteiger partial charge in [0.2, 0.25) is 0 Å². The van der Waals surface area contributed by atoms with Gasteiger partial charge in [0.15, 0.2) is 0 Å². The Morgan fingerprint density at radius 1 is 0.491 bits per heavy atom. The zero-order valence-corrected chi connectivity index (χ0v) is 31.3. The Morgan fingerprint density at radius 2 is 0.830 bits per heavy atom. The van der Waals surface area contributed by atoms with Gasteiger partial charge >= 0.3 is 33.0 Å². The van der Waals surface area contributed by atoms with Crippen LogP contribution in [-0.2, 0) is 29.4 Å². The van der Waals surface area contributed by atoms with Gasteiger partial charge in [0.05, 0.1) is 45.0 Å². The molecule has 6 aromatic heterocycles. The van der Waals surface area contributed by atoms with Crippen LogP contribution in [0.25, 0.3) is 11.0 Å². The molecule has 0 bridgehead atoms. The monoisotopic (exact) mass is 784 g/mol. The molecule has 6 heterocycles. The first kappa shape index (κ1) is 40.8. The number of benzene rings is 1. The molecule has 0 amide bonds. The number of fused-ring (bicyclic) bond motifs is 1. The van der Waals surface area contributed by atoms with Gasteiger partial charge in [0, 0.05) is 43.3 Å². The standard InChI is InChI=1S/C29H25N5.C9H9N2.F6P.V/c1-28(22-12-3-7-18-30-22,23-13-4-8-19-31-23)26-16-11-17-27(34-26)29(2,24-14-5-9-20-32-24)25-15-6-10-21-33-25;1-6-3-8-9(4-7(6)2)11-5-10-8;1-7(2,3,4,5)6;/h3-21H,1-2H3;3-5H,1-2H3;;/q;2*-1;. The molecule has 0 saturated heterocycles. The van der Waals surface area contributed by atoms with Crippen molar-refractivity contribution in [3.63, 3.8) is 0 Å². The fourth-order valence-corrected chi connectivity index (χ4v) is 5.56. The minimum atomic E-state index is -10.7. The van der Waals surface area contributed by atoms with Gasteiger partial charge < -0.3 is 9.97 Å². The summed E-state index contributed by atoms with van der Waals surface area (Å²) in [6.07, 6.45) is 8.85. The second kappa shape index (κ2) is 15.2. The summed E-state index contributed by atoms with van der Waals surface area (Å²) in [6.45, 7) is 8.43. The number of hydrogen-bond donors (Lipinski definition) is 0. The maximum absolute atomic E-state index is 10.7. The van der Waals surface area contributed by atoms with Crippen LogP contribution in [0.15, 0.2) is 134 Å². The van der Waals surface area contributed by atoms with Gasteiger partial charge in [-0.2, -0.15) is 0 Å². The zero-order chi connectivity index (χ0) is 37.7. The van der Waals surface area contributed by atoms with Crippen molar-refractivity contribution in [2.75, 3.05) is 0 Å². The molecule has 15 heteroatoms. The first-order chi connectivity index (χ1) is 24.4. The maximum atomic E-state index is 9.87. The number of imidazole rings is 1. The summed E-state index contributed by atoms with van der Waals surface area (Å²) >= 11 is 0. The summed E-state index contributed by atoms with van der Waals surface area (Å²) in [7, 11) is -10.7. The predicted molar refractivity (Wildman–Crippen MR) is 190 cm³/mol. The first-order valence-corrected chi connectivity index (χ1v) is 17.9. The molecule has 0 saturated carbocycles. The molecule has 1 aromatic carbocycles. The van der Waals surface area contributed by atoms with Crippen LogP contribution >= 0.6 is 7.81 Å². The van der Waals surface area contributed by atoms with E-state index in [1.807, 2.05) is 116 Å². The molecule has 275 valence electrons. The van der Waals surface area contributed by atoms with Crippen LogP contribution in [0.3, 0.4) is 0 Å². The summed E-state index contributed by atoms with van der Waals surface area (Å²) in [5.74, 6) is 0. The van der Waals surface area contributed by atoms with E-state index in [0.29, 0.717) is 0 Å². The molecule has 0 atom stereocenters. The van der Waals surface area contributed by atoms with Gasteiger partial charge in [-0.3, -0.25) is 24.9 Å². The van der Waals surface area contributed by atoms with Gasteiger partial charge in [-0.05, 0) is 111 Å². The average molecular weight is 785 g/mol. The zero-order valence-electron chi connectivity index (χ0n) is 29.0. The van der Waals surface area contributed by atoms with E-state index in [2.05, 4.69) is 49.8 Å². The minimum absolute atomic E-state index is 0. The quantitative estimate of drug-likeness (QED) is 0.122. The molecule has 0 fully saturated rings. The second-order valence-corrected chi connectivity index (χ2v) is 14.2. The van der Waals surface area contributed by atoms with Gasteiger partial charge in [0.25, 0.3) is 0 Å². The van der Waals surface area contributed by atoms with E-state index in [4.69, 9.17) is 24.9 Å². The number of aromatic nitrogens is 7. The molecule has 7 rings (SSSR count). The Morgan fingerprint density at radius 3 is 1.17 bits per heavy atom. The van der Waals surface area contributed by atoms with Gasteiger partial charge in [0.1, 0.15) is 0 Å². The van der Waals surface area contributed by atoms with Crippen LogP contribution in [0.4, 0.5) is 25.2 Å². The van der Waals surface area contributed by atoms with Crippen molar-refractivity contribution in [1.29, 1.82) is 0 Å². The molecular formula is C38H34F6N7PV-2. The average Bonchev–Trinajstić information content (AvgIpc) is 3.58. The van der Waals surface area contributed by atoms with Crippen molar-refractivity contribution < 1.29 is 43.7 Å². The Labute approximate surface area is 314 Å². The normalized spacial score (nSPS) is 12.9. The fraction of sp³-hybridized carbons (Fsp3) is 0.158. The molecule has 0 aliphatic rings. The van der Waals surface area contributed by atoms with E-state index >= 15 is 0 Å². The second-order valence-electron chi connectivity index (χ2n) is 12.3. The summed E-state index contributed by atoms with van der Waals surface area (Å²) < 4.78 is 59.2. The summed E-state index contributed by atoms with van der Waals surface area (Å²) in [5, 5.41) is 0. The van der Waals surface area contributed by atoms with Crippen molar-refractivity contribution in [1.82, 2.24) is 34.9 Å². The molecule has 0 aliphatic heterocycles. The third-order valence-corrected chi connectivity index (χ3v) is 8.47. The number of pyridine rings is 5. The molecule has 0 spiro atoms. The summed E-state index contributed by atoms with van der Waals surface area (Å²) in [6, 6.07) is 34.1. The van der Waals surface area contributed by atoms with Gasteiger partial charge in [-0.1, -0.05) is 48.8 Å². The number of rotatable bonds is 6. The third kappa shape index (κ3) is 10.6. The maximum Gasteiger partial charge on any atom is 0 e. The topological polar surface area (TPSA) is 91.4 Å². The Bertz CT molecular complexity index is 2020. The Hall–Kier alpha value is -4.97. The van der Waals surface area contributed by atoms with Crippen molar-refractivity contribution in [2.24, 2.45) is 0 Å². The van der Waals surface area contributed by atoms with Crippen LogP contribution in [-0.4, -0.2) is 29.9 Å². The first-order valence-electron chi connectivity index (χ1n) is 15.9. The molecule has 0 aliphatic carbocycles. The fourth-order valence-electron chi connectivity index (χ4n) is 5.56. The SMILES string of the molecule is CC(c1ccccn1)(c1ccccn1)c1cccc(C(C)(c2ccccn2)c2ccccn2)n1.Cc1cc2nc[n-]c2cc1C.F[P-](F)(F)(F)(F)F.[V]. The third-order valence-electron chi connectivity index (χ3n) is 8.47. The van der Waals surface area contributed by atoms with Crippen LogP contribution in [0, 0.1) is 13.8 Å². The molecular weight excluding hydrogens is 750 g/mol. The van der Waals surface area contributed by atoms with E-state index < -0.39 is 18.6 Å². The predicted octanol–water partition coefficient (Wildman–Crippen LogP) is 10.6. The van der Waals surface area contributed by atoms with Crippen LogP contribution in [0.2, 0.25) is 0 Å². The van der Waals surface area contributed by atoms with Crippen molar-refractivity contribution >= 4 is 18.8 Å². The van der Waals surface area contributed by atoms with Gasteiger partial charge in [-0.25, -0.2) is 0 Å². The van der Waals surface area contributed by atoms with Crippen molar-refractivity contribution in [3.8, 4) is 0 Å². The van der Waals surface area contributed by atoms with Crippen molar-refractivity contribution in [2.45, 2.75) is 38.5 Å². The minimum Gasteiger partial charge on any atom is 0 e. The number of aryl methyl sites for hydroxylation is 2. The Balaban J connectivity index is 0.000000271. The van der Waals surface area contributed by atoms with E-state index in [-0.39, 0.29) is 18.6 Å². The summed E-state index contributed by atoms with van der Waals surface area (Å²) in [4.78, 5) is 32.3. The smallest absolute Gasteiger partial charge is 0 e. The van der Waals surface area contributed by atoms with Crippen LogP contribution < -0.4 is 4.98 Å². The van der Waals surface area contributed by atoms with E-state index in [0.717, 1.165) is 45.2 Å². The summed E-state index contributed by atoms with van der Waals surface area (Å²) in [5.41, 5.74) is 8.51. The number of hydrogen-bond acceptors (Lipinski definition) is 6. The van der Waals surface area contributed by atoms with E-state index in [1.54, 1.807) is 6.33 Å². The largest absolute Gasteiger partial charge is 0 e. The molecule has 53 heavy (non-hydrogen) atoms. The van der Waals surface area contributed by atoms with Crippen molar-refractivity contribution in [3.05, 3.63) is 180 Å². The van der Waals surface area contributed by atoms with Crippen LogP contribution in [0.5, 0.6) is 0 Å². The molecule has 0 N–H and O–H groups in total. The number of nitrogens with zero attached hydrogens (tertiary/aromatic N) is 7. The molecule has 1 radical (unpaired) electrons. The molecule has 7 nitrogen and oxygen atoms in total. The van der Waals surface area contributed by atoms with Gasteiger partial charge in [-0.15, -0.1) is 0 Å². The van der Waals surface area contributed by atoms with E-state index in [1.165, 1.54) is 11.1 Å². The van der Waals surface area contributed by atoms with E-state index in [9.17, 15) is 25.2 Å². The molecule has 0 unspecified atom stereocenters.